The zero-order valence-corrected chi connectivity index (χ0v) is 7.64. The van der Waals surface area contributed by atoms with Gasteiger partial charge in [-0.25, -0.2) is 0 Å². The van der Waals surface area contributed by atoms with Crippen molar-refractivity contribution in [3.8, 4) is 12.3 Å². The van der Waals surface area contributed by atoms with Gasteiger partial charge >= 0.3 is 0 Å². The summed E-state index contributed by atoms with van der Waals surface area (Å²) >= 11 is 0. The third-order valence-electron chi connectivity index (χ3n) is 2.28. The molecule has 1 nitrogen and oxygen atoms in total. The zero-order valence-electron chi connectivity index (χ0n) is 7.64. The molecule has 0 aliphatic rings. The van der Waals surface area contributed by atoms with Gasteiger partial charge < -0.3 is 5.11 Å². The van der Waals surface area contributed by atoms with Crippen LogP contribution in [0.3, 0.4) is 0 Å². The van der Waals surface area contributed by atoms with Gasteiger partial charge in [-0.15, -0.1) is 6.42 Å². The summed E-state index contributed by atoms with van der Waals surface area (Å²) < 4.78 is 0. The molecule has 0 aliphatic heterocycles. The van der Waals surface area contributed by atoms with Crippen LogP contribution in [0.5, 0.6) is 0 Å². The summed E-state index contributed by atoms with van der Waals surface area (Å²) in [4.78, 5) is 0. The lowest BCUT2D eigenvalue weighted by Crippen LogP contribution is -1.93. The quantitative estimate of drug-likeness (QED) is 0.672. The van der Waals surface area contributed by atoms with Gasteiger partial charge in [0.2, 0.25) is 0 Å². The molecule has 1 N–H and O–H groups in total. The second-order valence-electron chi connectivity index (χ2n) is 3.14. The van der Waals surface area contributed by atoms with Crippen molar-refractivity contribution in [2.75, 3.05) is 0 Å². The molecule has 0 saturated heterocycles. The fraction of sp³-hybridized carbons (Fsp3) is 0.0769. The highest BCUT2D eigenvalue weighted by molar-refractivity contribution is 5.86. The first-order valence-electron chi connectivity index (χ1n) is 4.45. The van der Waals surface area contributed by atoms with Crippen molar-refractivity contribution < 1.29 is 5.11 Å². The smallest absolute Gasteiger partial charge is 0.140 e. The Labute approximate surface area is 83.0 Å². The van der Waals surface area contributed by atoms with Gasteiger partial charge in [-0.05, 0) is 10.8 Å². The van der Waals surface area contributed by atoms with E-state index in [4.69, 9.17) is 6.42 Å². The largest absolute Gasteiger partial charge is 0.376 e. The monoisotopic (exact) mass is 182 g/mol. The number of fused-ring (bicyclic) bond motifs is 1. The van der Waals surface area contributed by atoms with Gasteiger partial charge in [-0.1, -0.05) is 48.4 Å². The van der Waals surface area contributed by atoms with Crippen LogP contribution in [0.4, 0.5) is 0 Å². The molecule has 2 rings (SSSR count). The van der Waals surface area contributed by atoms with Crippen LogP contribution < -0.4 is 0 Å². The average Bonchev–Trinajstić information content (AvgIpc) is 2.27. The van der Waals surface area contributed by atoms with Crippen molar-refractivity contribution >= 4 is 10.8 Å². The Morgan fingerprint density at radius 3 is 2.57 bits per heavy atom. The summed E-state index contributed by atoms with van der Waals surface area (Å²) in [6.07, 6.45) is 4.38. The summed E-state index contributed by atoms with van der Waals surface area (Å²) in [5.41, 5.74) is 0.797. The van der Waals surface area contributed by atoms with Crippen LogP contribution in [-0.2, 0) is 0 Å². The van der Waals surface area contributed by atoms with Crippen molar-refractivity contribution in [2.24, 2.45) is 0 Å². The van der Waals surface area contributed by atoms with Crippen molar-refractivity contribution in [1.82, 2.24) is 0 Å². The molecule has 0 saturated carbocycles. The van der Waals surface area contributed by atoms with E-state index in [0.29, 0.717) is 0 Å². The van der Waals surface area contributed by atoms with E-state index >= 15 is 0 Å². The lowest BCUT2D eigenvalue weighted by Gasteiger charge is -2.07. The molecule has 0 spiro atoms. The van der Waals surface area contributed by atoms with E-state index in [1.165, 1.54) is 0 Å². The molecular formula is C13H10O. The van der Waals surface area contributed by atoms with E-state index in [0.717, 1.165) is 16.3 Å². The molecule has 0 amide bonds. The summed E-state index contributed by atoms with van der Waals surface area (Å²) in [6.45, 7) is 0. The first-order valence-corrected chi connectivity index (χ1v) is 4.45. The lowest BCUT2D eigenvalue weighted by atomic mass is 10.0. The summed E-state index contributed by atoms with van der Waals surface area (Å²) in [5.74, 6) is 2.33. The Hall–Kier alpha value is -1.78. The molecule has 0 fully saturated rings. The summed E-state index contributed by atoms with van der Waals surface area (Å²) in [5, 5.41) is 11.7. The summed E-state index contributed by atoms with van der Waals surface area (Å²) in [7, 11) is 0. The van der Waals surface area contributed by atoms with Crippen LogP contribution >= 0.6 is 0 Å². The highest BCUT2D eigenvalue weighted by atomic mass is 16.3. The minimum atomic E-state index is -0.818. The SMILES string of the molecule is C#C[C@H](O)c1cccc2ccccc12. The van der Waals surface area contributed by atoms with E-state index in [1.807, 2.05) is 42.5 Å². The average molecular weight is 182 g/mol. The highest BCUT2D eigenvalue weighted by Gasteiger charge is 2.06. The van der Waals surface area contributed by atoms with E-state index in [2.05, 4.69) is 5.92 Å². The second kappa shape index (κ2) is 3.53. The number of hydrogen-bond donors (Lipinski definition) is 1. The van der Waals surface area contributed by atoms with E-state index in [1.54, 1.807) is 0 Å². The van der Waals surface area contributed by atoms with Crippen molar-refractivity contribution in [3.63, 3.8) is 0 Å². The van der Waals surface area contributed by atoms with Crippen LogP contribution in [0.25, 0.3) is 10.8 Å². The second-order valence-corrected chi connectivity index (χ2v) is 3.14. The molecule has 0 radical (unpaired) electrons. The molecule has 0 heterocycles. The number of aliphatic hydroxyl groups excluding tert-OH is 1. The van der Waals surface area contributed by atoms with Crippen LogP contribution in [0.2, 0.25) is 0 Å². The number of terminal acetylenes is 1. The standard InChI is InChI=1S/C13H10O/c1-2-13(14)12-9-5-7-10-6-3-4-8-11(10)12/h1,3-9,13-14H/t13-/m0/s1. The van der Waals surface area contributed by atoms with Crippen molar-refractivity contribution in [2.45, 2.75) is 6.10 Å². The fourth-order valence-electron chi connectivity index (χ4n) is 1.58. The van der Waals surface area contributed by atoms with E-state index in [-0.39, 0.29) is 0 Å². The molecule has 14 heavy (non-hydrogen) atoms. The van der Waals surface area contributed by atoms with Crippen LogP contribution in [0, 0.1) is 12.3 Å². The summed E-state index contributed by atoms with van der Waals surface area (Å²) in [6, 6.07) is 13.6. The molecule has 0 aliphatic carbocycles. The Bertz CT molecular complexity index is 489. The minimum Gasteiger partial charge on any atom is -0.376 e. The Balaban J connectivity index is 2.72. The van der Waals surface area contributed by atoms with Crippen LogP contribution in [0.15, 0.2) is 42.5 Å². The van der Waals surface area contributed by atoms with Gasteiger partial charge in [-0.3, -0.25) is 0 Å². The molecule has 1 atom stereocenters. The number of hydrogen-bond acceptors (Lipinski definition) is 1. The molecule has 2 aromatic carbocycles. The third-order valence-corrected chi connectivity index (χ3v) is 2.28. The van der Waals surface area contributed by atoms with Gasteiger partial charge in [0.25, 0.3) is 0 Å². The number of aliphatic hydroxyl groups is 1. The van der Waals surface area contributed by atoms with Crippen molar-refractivity contribution in [3.05, 3.63) is 48.0 Å². The van der Waals surface area contributed by atoms with Gasteiger partial charge in [0.05, 0.1) is 0 Å². The van der Waals surface area contributed by atoms with Gasteiger partial charge in [0.15, 0.2) is 0 Å². The fourth-order valence-corrected chi connectivity index (χ4v) is 1.58. The van der Waals surface area contributed by atoms with Gasteiger partial charge in [-0.2, -0.15) is 0 Å². The van der Waals surface area contributed by atoms with Gasteiger partial charge in [0.1, 0.15) is 6.10 Å². The van der Waals surface area contributed by atoms with E-state index < -0.39 is 6.10 Å². The first kappa shape index (κ1) is 8.80. The van der Waals surface area contributed by atoms with E-state index in [9.17, 15) is 5.11 Å². The molecule has 0 aromatic heterocycles. The van der Waals surface area contributed by atoms with Gasteiger partial charge in [0, 0.05) is 5.56 Å². The molecule has 1 heteroatoms. The maximum atomic E-state index is 9.59. The normalized spacial score (nSPS) is 12.3. The molecule has 68 valence electrons. The Kier molecular flexibility index (Phi) is 2.22. The number of benzene rings is 2. The molecule has 2 aromatic rings. The molecule has 0 unspecified atom stereocenters. The maximum Gasteiger partial charge on any atom is 0.140 e. The molecular weight excluding hydrogens is 172 g/mol. The predicted octanol–water partition coefficient (Wildman–Crippen LogP) is 2.51. The van der Waals surface area contributed by atoms with Crippen LogP contribution in [-0.4, -0.2) is 5.11 Å². The predicted molar refractivity (Wildman–Crippen MR) is 57.7 cm³/mol. The third kappa shape index (κ3) is 1.37. The number of rotatable bonds is 1. The van der Waals surface area contributed by atoms with Crippen LogP contribution in [0.1, 0.15) is 11.7 Å². The minimum absolute atomic E-state index is 0.797. The molecule has 0 bridgehead atoms. The van der Waals surface area contributed by atoms with Crippen molar-refractivity contribution in [1.29, 1.82) is 0 Å². The Morgan fingerprint density at radius 2 is 1.79 bits per heavy atom. The highest BCUT2D eigenvalue weighted by Crippen LogP contribution is 2.23. The maximum absolute atomic E-state index is 9.59. The first-order chi connectivity index (χ1) is 6.83. The zero-order chi connectivity index (χ0) is 9.97. The lowest BCUT2D eigenvalue weighted by molar-refractivity contribution is 0.240. The Morgan fingerprint density at radius 1 is 1.07 bits per heavy atom. The topological polar surface area (TPSA) is 20.2 Å².